The van der Waals surface area contributed by atoms with E-state index in [0.717, 1.165) is 11.1 Å². The van der Waals surface area contributed by atoms with Gasteiger partial charge in [-0.15, -0.1) is 0 Å². The second kappa shape index (κ2) is 15.7. The van der Waals surface area contributed by atoms with Crippen LogP contribution in [0, 0.1) is 0 Å². The number of benzene rings is 2. The first-order valence-corrected chi connectivity index (χ1v) is 10.1. The van der Waals surface area contributed by atoms with Crippen molar-refractivity contribution in [1.82, 2.24) is 0 Å². The van der Waals surface area contributed by atoms with Gasteiger partial charge in [0.05, 0.1) is 40.6 Å². The highest BCUT2D eigenvalue weighted by molar-refractivity contribution is 5.14. The fraction of sp³-hybridized carbons (Fsp3) is 0.417. The lowest BCUT2D eigenvalue weighted by molar-refractivity contribution is -0.361. The van der Waals surface area contributed by atoms with E-state index in [2.05, 4.69) is 0 Å². The van der Waals surface area contributed by atoms with Crippen molar-refractivity contribution in [2.24, 2.45) is 0 Å². The lowest BCUT2D eigenvalue weighted by atomic mass is 10.1. The van der Waals surface area contributed by atoms with Gasteiger partial charge in [-0.05, 0) is 11.1 Å². The lowest BCUT2D eigenvalue weighted by Gasteiger charge is -2.30. The van der Waals surface area contributed by atoms with Crippen LogP contribution >= 0.6 is 0 Å². The Bertz CT molecular complexity index is 708. The van der Waals surface area contributed by atoms with Crippen LogP contribution in [0.4, 0.5) is 0 Å². The predicted molar refractivity (Wildman–Crippen MR) is 116 cm³/mol. The first-order valence-electron chi connectivity index (χ1n) is 10.1. The van der Waals surface area contributed by atoms with Crippen molar-refractivity contribution in [2.45, 2.75) is 31.5 Å². The van der Waals surface area contributed by atoms with Crippen LogP contribution in [0.5, 0.6) is 0 Å². The first-order chi connectivity index (χ1) is 15.3. The van der Waals surface area contributed by atoms with Crippen molar-refractivity contribution >= 4 is 0 Å². The van der Waals surface area contributed by atoms with Gasteiger partial charge in [0.2, 0.25) is 0 Å². The van der Waals surface area contributed by atoms with Gasteiger partial charge in [0.15, 0.2) is 0 Å². The zero-order valence-electron chi connectivity index (χ0n) is 18.3. The molecule has 170 valence electrons. The van der Waals surface area contributed by atoms with Gasteiger partial charge in [-0.1, -0.05) is 72.8 Å². The molecule has 3 atom stereocenters. The summed E-state index contributed by atoms with van der Waals surface area (Å²) in [5.41, 5.74) is 2.08. The summed E-state index contributed by atoms with van der Waals surface area (Å²) in [5.74, 6) is 0. The van der Waals surface area contributed by atoms with Crippen molar-refractivity contribution in [3.05, 3.63) is 83.9 Å². The first kappa shape index (κ1) is 25.2. The fourth-order valence-corrected chi connectivity index (χ4v) is 2.94. The van der Waals surface area contributed by atoms with Gasteiger partial charge in [-0.2, -0.15) is 0 Å². The molecule has 0 spiro atoms. The molecule has 0 fully saturated rings. The van der Waals surface area contributed by atoms with Crippen LogP contribution in [0.1, 0.15) is 11.1 Å². The van der Waals surface area contributed by atoms with Gasteiger partial charge in [-0.25, -0.2) is 19.6 Å². The van der Waals surface area contributed by atoms with E-state index in [1.165, 1.54) is 14.2 Å². The zero-order chi connectivity index (χ0) is 22.2. The monoisotopic (exact) mass is 432 g/mol. The molecule has 0 aliphatic rings. The highest BCUT2D eigenvalue weighted by Crippen LogP contribution is 2.18. The molecule has 0 saturated carbocycles. The summed E-state index contributed by atoms with van der Waals surface area (Å²) in [6.07, 6.45) is 1.90. The number of methoxy groups -OCH3 is 1. The number of hydrogen-bond acceptors (Lipinski definition) is 7. The van der Waals surface area contributed by atoms with Gasteiger partial charge in [0.1, 0.15) is 18.3 Å². The van der Waals surface area contributed by atoms with E-state index in [0.29, 0.717) is 19.8 Å². The van der Waals surface area contributed by atoms with Crippen molar-refractivity contribution in [3.63, 3.8) is 0 Å². The largest absolute Gasteiger partial charge is 0.381 e. The fourth-order valence-electron chi connectivity index (χ4n) is 2.94. The van der Waals surface area contributed by atoms with Crippen molar-refractivity contribution in [3.8, 4) is 0 Å². The summed E-state index contributed by atoms with van der Waals surface area (Å²) in [4.78, 5) is 20.9. The van der Waals surface area contributed by atoms with E-state index in [1.54, 1.807) is 7.11 Å². The standard InChI is InChI=1S/C24H32O7/c1-25-16-10-15-22(30-26-2)24(29-18-21-13-8-5-9-14-21)23(31-27-3)19-28-17-20-11-6-4-7-12-20/h4-15,22-24H,16-19H2,1-3H3/b15-10+/t22-,23-,24+/m1/s1. The molecule has 0 bridgehead atoms. The molecule has 2 aromatic carbocycles. The van der Waals surface area contributed by atoms with E-state index in [1.807, 2.05) is 72.8 Å². The van der Waals surface area contributed by atoms with Gasteiger partial charge in [0.25, 0.3) is 0 Å². The molecule has 0 radical (unpaired) electrons. The van der Waals surface area contributed by atoms with Gasteiger partial charge < -0.3 is 14.2 Å². The maximum Gasteiger partial charge on any atom is 0.145 e. The van der Waals surface area contributed by atoms with Crippen LogP contribution in [0.2, 0.25) is 0 Å². The van der Waals surface area contributed by atoms with Crippen LogP contribution in [-0.4, -0.2) is 52.9 Å². The Morgan fingerprint density at radius 2 is 1.39 bits per heavy atom. The minimum absolute atomic E-state index is 0.226. The molecular weight excluding hydrogens is 400 g/mol. The Labute approximate surface area is 184 Å². The average molecular weight is 433 g/mol. The summed E-state index contributed by atoms with van der Waals surface area (Å²) < 4.78 is 17.2. The van der Waals surface area contributed by atoms with Gasteiger partial charge >= 0.3 is 0 Å². The third-order valence-electron chi connectivity index (χ3n) is 4.38. The molecule has 7 heteroatoms. The Kier molecular flexibility index (Phi) is 12.7. The molecule has 0 heterocycles. The zero-order valence-corrected chi connectivity index (χ0v) is 18.3. The number of ether oxygens (including phenoxy) is 3. The normalized spacial score (nSPS) is 14.5. The molecule has 31 heavy (non-hydrogen) atoms. The Morgan fingerprint density at radius 1 is 0.774 bits per heavy atom. The topological polar surface area (TPSA) is 64.6 Å². The third kappa shape index (κ3) is 9.71. The Morgan fingerprint density at radius 3 is 1.97 bits per heavy atom. The SMILES string of the molecule is COC/C=C/[C@@H](OOC)[C@H](OCc1ccccc1)[C@@H](COCc1ccccc1)OOC. The summed E-state index contributed by atoms with van der Waals surface area (Å²) in [6.45, 7) is 1.44. The average Bonchev–Trinajstić information content (AvgIpc) is 2.80. The highest BCUT2D eigenvalue weighted by atomic mass is 17.2. The van der Waals surface area contributed by atoms with E-state index in [9.17, 15) is 0 Å². The molecule has 2 rings (SSSR count). The summed E-state index contributed by atoms with van der Waals surface area (Å²) in [6, 6.07) is 19.8. The number of rotatable bonds is 16. The second-order valence-electron chi connectivity index (χ2n) is 6.67. The van der Waals surface area contributed by atoms with Crippen molar-refractivity contribution in [1.29, 1.82) is 0 Å². The molecule has 0 aromatic heterocycles. The predicted octanol–water partition coefficient (Wildman–Crippen LogP) is 3.88. The minimum atomic E-state index is -0.580. The maximum absolute atomic E-state index is 6.21. The molecule has 7 nitrogen and oxygen atoms in total. The molecule has 2 aromatic rings. The maximum atomic E-state index is 6.21. The Balaban J connectivity index is 2.12. The molecule has 0 saturated heterocycles. The Hall–Kier alpha value is -2.10. The molecular formula is C24H32O7. The molecule has 0 N–H and O–H groups in total. The smallest absolute Gasteiger partial charge is 0.145 e. The van der Waals surface area contributed by atoms with Crippen LogP contribution < -0.4 is 0 Å². The quantitative estimate of drug-likeness (QED) is 0.227. The van der Waals surface area contributed by atoms with Crippen LogP contribution in [0.25, 0.3) is 0 Å². The van der Waals surface area contributed by atoms with E-state index < -0.39 is 18.3 Å². The summed E-state index contributed by atoms with van der Waals surface area (Å²) in [7, 11) is 4.52. The minimum Gasteiger partial charge on any atom is -0.381 e. The van der Waals surface area contributed by atoms with Gasteiger partial charge in [-0.3, -0.25) is 0 Å². The molecule has 0 amide bonds. The molecule has 0 unspecified atom stereocenters. The van der Waals surface area contributed by atoms with Crippen LogP contribution in [0.3, 0.4) is 0 Å². The highest BCUT2D eigenvalue weighted by Gasteiger charge is 2.33. The number of hydrogen-bond donors (Lipinski definition) is 0. The molecule has 0 aliphatic carbocycles. The van der Waals surface area contributed by atoms with Crippen molar-refractivity contribution < 1.29 is 33.8 Å². The van der Waals surface area contributed by atoms with Gasteiger partial charge in [0, 0.05) is 7.11 Å². The summed E-state index contributed by atoms with van der Waals surface area (Å²) in [5, 5.41) is 0. The van der Waals surface area contributed by atoms with E-state index in [-0.39, 0.29) is 6.61 Å². The lowest BCUT2D eigenvalue weighted by Crippen LogP contribution is -2.44. The molecule has 0 aliphatic heterocycles. The summed E-state index contributed by atoms with van der Waals surface area (Å²) >= 11 is 0. The van der Waals surface area contributed by atoms with Crippen molar-refractivity contribution in [2.75, 3.05) is 34.5 Å². The second-order valence-corrected chi connectivity index (χ2v) is 6.67. The van der Waals surface area contributed by atoms with E-state index in [4.69, 9.17) is 33.8 Å². The van der Waals surface area contributed by atoms with E-state index >= 15 is 0 Å². The third-order valence-corrected chi connectivity index (χ3v) is 4.38. The van der Waals surface area contributed by atoms with Crippen LogP contribution in [0.15, 0.2) is 72.8 Å². The van der Waals surface area contributed by atoms with Crippen LogP contribution in [-0.2, 0) is 47.0 Å².